The summed E-state index contributed by atoms with van der Waals surface area (Å²) < 4.78 is 26.6. The molecule has 0 saturated carbocycles. The maximum absolute atomic E-state index is 11.6. The Bertz CT molecular complexity index is 478. The number of aromatic nitrogens is 2. The first kappa shape index (κ1) is 12.7. The van der Waals surface area contributed by atoms with E-state index in [9.17, 15) is 8.42 Å². The summed E-state index contributed by atoms with van der Waals surface area (Å²) in [5.41, 5.74) is 0. The maximum Gasteiger partial charge on any atom is 0.302 e. The molecular formula is C8H15N5O2S2. The zero-order valence-electron chi connectivity index (χ0n) is 9.67. The third-order valence-electron chi connectivity index (χ3n) is 2.50. The molecule has 7 nitrogen and oxygen atoms in total. The summed E-state index contributed by atoms with van der Waals surface area (Å²) in [6.07, 6.45) is 2.14. The minimum Gasteiger partial charge on any atom is -0.308 e. The molecule has 0 aromatic carbocycles. The number of nitrogens with zero attached hydrogens (tertiary/aromatic N) is 3. The van der Waals surface area contributed by atoms with Gasteiger partial charge in [0.05, 0.1) is 6.04 Å². The molecule has 1 aliphatic heterocycles. The minimum atomic E-state index is -3.49. The maximum atomic E-state index is 11.6. The average Bonchev–Trinajstić information content (AvgIpc) is 2.85. The fraction of sp³-hybridized carbons (Fsp3) is 0.750. The van der Waals surface area contributed by atoms with Crippen molar-refractivity contribution in [3.63, 3.8) is 0 Å². The average molecular weight is 277 g/mol. The van der Waals surface area contributed by atoms with E-state index < -0.39 is 10.2 Å². The summed E-state index contributed by atoms with van der Waals surface area (Å²) in [6, 6.07) is 0.213. The Balaban J connectivity index is 2.08. The second kappa shape index (κ2) is 4.84. The van der Waals surface area contributed by atoms with Crippen LogP contribution in [0.3, 0.4) is 0 Å². The van der Waals surface area contributed by atoms with E-state index in [1.54, 1.807) is 0 Å². The van der Waals surface area contributed by atoms with Crippen molar-refractivity contribution in [2.24, 2.45) is 0 Å². The third-order valence-corrected chi connectivity index (χ3v) is 4.99. The van der Waals surface area contributed by atoms with Crippen molar-refractivity contribution in [2.75, 3.05) is 25.4 Å². The molecule has 2 heterocycles. The van der Waals surface area contributed by atoms with Crippen LogP contribution in [0, 0.1) is 0 Å². The molecule has 9 heteroatoms. The van der Waals surface area contributed by atoms with E-state index in [1.165, 1.54) is 25.4 Å². The Morgan fingerprint density at radius 1 is 1.47 bits per heavy atom. The van der Waals surface area contributed by atoms with Crippen molar-refractivity contribution in [1.82, 2.24) is 19.8 Å². The summed E-state index contributed by atoms with van der Waals surface area (Å²) in [6.45, 7) is 0.975. The molecule has 1 atom stereocenters. The molecule has 0 aliphatic carbocycles. The van der Waals surface area contributed by atoms with E-state index in [1.807, 2.05) is 0 Å². The summed E-state index contributed by atoms with van der Waals surface area (Å²) in [5.74, 6) is 0. The van der Waals surface area contributed by atoms with Crippen LogP contribution in [0.15, 0.2) is 0 Å². The van der Waals surface area contributed by atoms with Crippen LogP contribution in [-0.4, -0.2) is 43.6 Å². The largest absolute Gasteiger partial charge is 0.308 e. The van der Waals surface area contributed by atoms with Crippen LogP contribution in [-0.2, 0) is 10.2 Å². The lowest BCUT2D eigenvalue weighted by molar-refractivity contribution is 0.526. The van der Waals surface area contributed by atoms with Crippen molar-refractivity contribution in [2.45, 2.75) is 18.9 Å². The molecule has 1 saturated heterocycles. The predicted molar refractivity (Wildman–Crippen MR) is 66.1 cm³/mol. The van der Waals surface area contributed by atoms with Gasteiger partial charge in [-0.15, -0.1) is 10.2 Å². The zero-order valence-corrected chi connectivity index (χ0v) is 11.3. The molecule has 17 heavy (non-hydrogen) atoms. The molecule has 96 valence electrons. The molecule has 1 fully saturated rings. The zero-order chi connectivity index (χ0) is 12.5. The Morgan fingerprint density at radius 3 is 2.82 bits per heavy atom. The molecule has 0 amide bonds. The first-order valence-electron chi connectivity index (χ1n) is 5.26. The fourth-order valence-electron chi connectivity index (χ4n) is 1.51. The molecule has 1 aromatic rings. The van der Waals surface area contributed by atoms with E-state index >= 15 is 0 Å². The summed E-state index contributed by atoms with van der Waals surface area (Å²) in [7, 11) is -0.568. The van der Waals surface area contributed by atoms with Crippen LogP contribution in [0.25, 0.3) is 0 Å². The number of anilines is 1. The van der Waals surface area contributed by atoms with Gasteiger partial charge in [0.2, 0.25) is 5.13 Å². The van der Waals surface area contributed by atoms with Gasteiger partial charge < -0.3 is 5.32 Å². The van der Waals surface area contributed by atoms with Crippen molar-refractivity contribution in [3.8, 4) is 0 Å². The van der Waals surface area contributed by atoms with E-state index in [-0.39, 0.29) is 6.04 Å². The van der Waals surface area contributed by atoms with E-state index in [0.29, 0.717) is 5.13 Å². The minimum absolute atomic E-state index is 0.213. The first-order chi connectivity index (χ1) is 7.99. The smallest absolute Gasteiger partial charge is 0.302 e. The fourth-order valence-corrected chi connectivity index (χ4v) is 3.15. The highest BCUT2D eigenvalue weighted by atomic mass is 32.2. The van der Waals surface area contributed by atoms with Crippen LogP contribution in [0.1, 0.15) is 23.9 Å². The van der Waals surface area contributed by atoms with Crippen molar-refractivity contribution >= 4 is 26.7 Å². The monoisotopic (exact) mass is 277 g/mol. The topological polar surface area (TPSA) is 87.2 Å². The van der Waals surface area contributed by atoms with Crippen LogP contribution >= 0.6 is 11.3 Å². The summed E-state index contributed by atoms with van der Waals surface area (Å²) in [5, 5.41) is 12.3. The summed E-state index contributed by atoms with van der Waals surface area (Å²) >= 11 is 1.27. The van der Waals surface area contributed by atoms with E-state index in [0.717, 1.165) is 28.7 Å². The van der Waals surface area contributed by atoms with Gasteiger partial charge in [-0.25, -0.2) is 4.72 Å². The van der Waals surface area contributed by atoms with Gasteiger partial charge in [-0.3, -0.25) is 0 Å². The lowest BCUT2D eigenvalue weighted by Crippen LogP contribution is -2.28. The van der Waals surface area contributed by atoms with E-state index in [4.69, 9.17) is 0 Å². The quantitative estimate of drug-likeness (QED) is 0.820. The van der Waals surface area contributed by atoms with Crippen LogP contribution in [0.2, 0.25) is 0 Å². The lowest BCUT2D eigenvalue weighted by atomic mass is 10.2. The predicted octanol–water partition coefficient (Wildman–Crippen LogP) is 0.181. The van der Waals surface area contributed by atoms with Crippen molar-refractivity contribution in [3.05, 3.63) is 5.01 Å². The molecule has 1 aliphatic rings. The number of hydrogen-bond donors (Lipinski definition) is 2. The second-order valence-electron chi connectivity index (χ2n) is 3.98. The van der Waals surface area contributed by atoms with Gasteiger partial charge in [0.15, 0.2) is 0 Å². The molecule has 0 spiro atoms. The number of rotatable bonds is 4. The molecule has 0 radical (unpaired) electrons. The Kier molecular flexibility index (Phi) is 3.61. The molecule has 1 unspecified atom stereocenters. The number of nitrogens with one attached hydrogen (secondary N) is 2. The third kappa shape index (κ3) is 2.92. The van der Waals surface area contributed by atoms with Gasteiger partial charge in [-0.1, -0.05) is 11.3 Å². The van der Waals surface area contributed by atoms with Crippen LogP contribution in [0.5, 0.6) is 0 Å². The number of hydrogen-bond acceptors (Lipinski definition) is 6. The summed E-state index contributed by atoms with van der Waals surface area (Å²) in [4.78, 5) is 0. The Labute approximate surface area is 104 Å². The molecule has 1 aromatic heterocycles. The van der Waals surface area contributed by atoms with Gasteiger partial charge in [0.25, 0.3) is 0 Å². The molecule has 0 bridgehead atoms. The molecule has 2 N–H and O–H groups in total. The van der Waals surface area contributed by atoms with Gasteiger partial charge in [-0.05, 0) is 19.4 Å². The first-order valence-corrected chi connectivity index (χ1v) is 7.52. The van der Waals surface area contributed by atoms with Gasteiger partial charge in [0, 0.05) is 14.1 Å². The molecule has 2 rings (SSSR count). The Morgan fingerprint density at radius 2 is 2.24 bits per heavy atom. The Hall–Kier alpha value is -0.770. The van der Waals surface area contributed by atoms with Crippen LogP contribution < -0.4 is 10.0 Å². The van der Waals surface area contributed by atoms with Crippen molar-refractivity contribution < 1.29 is 8.42 Å². The SMILES string of the molecule is CN(C)S(=O)(=O)Nc1nnc(C2CCCN2)s1. The normalized spacial score (nSPS) is 21.0. The van der Waals surface area contributed by atoms with Gasteiger partial charge in [-0.2, -0.15) is 12.7 Å². The van der Waals surface area contributed by atoms with Gasteiger partial charge >= 0.3 is 10.2 Å². The van der Waals surface area contributed by atoms with E-state index in [2.05, 4.69) is 20.2 Å². The van der Waals surface area contributed by atoms with Crippen molar-refractivity contribution in [1.29, 1.82) is 0 Å². The molecular weight excluding hydrogens is 262 g/mol. The highest BCUT2D eigenvalue weighted by molar-refractivity contribution is 7.90. The standard InChI is InChI=1S/C8H15N5O2S2/c1-13(2)17(14,15)12-8-11-10-7(16-8)6-4-3-5-9-6/h6,9H,3-5H2,1-2H3,(H,11,12). The van der Waals surface area contributed by atoms with Crippen LogP contribution in [0.4, 0.5) is 5.13 Å². The second-order valence-corrected chi connectivity index (χ2v) is 6.88. The lowest BCUT2D eigenvalue weighted by Gasteiger charge is -2.10. The van der Waals surface area contributed by atoms with Gasteiger partial charge in [0.1, 0.15) is 5.01 Å². The highest BCUT2D eigenvalue weighted by Crippen LogP contribution is 2.28. The highest BCUT2D eigenvalue weighted by Gasteiger charge is 2.22.